The van der Waals surface area contributed by atoms with Crippen LogP contribution >= 0.6 is 0 Å². The van der Waals surface area contributed by atoms with Crippen molar-refractivity contribution in [3.05, 3.63) is 17.5 Å². The summed E-state index contributed by atoms with van der Waals surface area (Å²) in [5.41, 5.74) is 1.53. The molecule has 1 heterocycles. The van der Waals surface area contributed by atoms with Crippen LogP contribution in [0.4, 0.5) is 0 Å². The Bertz CT molecular complexity index is 404. The van der Waals surface area contributed by atoms with Crippen molar-refractivity contribution in [2.24, 2.45) is 5.41 Å². The van der Waals surface area contributed by atoms with E-state index in [0.717, 1.165) is 31.1 Å². The van der Waals surface area contributed by atoms with E-state index in [4.69, 9.17) is 4.52 Å². The molecule has 1 N–H and O–H groups in total. The summed E-state index contributed by atoms with van der Waals surface area (Å²) in [4.78, 5) is 2.42. The highest BCUT2D eigenvalue weighted by molar-refractivity contribution is 5.05. The van der Waals surface area contributed by atoms with Gasteiger partial charge in [-0.2, -0.15) is 0 Å². The standard InChI is InChI=1S/C16H29N3O/c1-5-17-11-13-10-15(20-18-13)12-19(4)14-6-8-16(2,3)9-7-14/h10,14,17H,5-9,11-12H2,1-4H3. The normalized spacial score (nSPS) is 19.6. The van der Waals surface area contributed by atoms with Crippen molar-refractivity contribution in [3.63, 3.8) is 0 Å². The summed E-state index contributed by atoms with van der Waals surface area (Å²) in [6.45, 7) is 9.48. The number of hydrogen-bond acceptors (Lipinski definition) is 4. The topological polar surface area (TPSA) is 41.3 Å². The van der Waals surface area contributed by atoms with Gasteiger partial charge >= 0.3 is 0 Å². The van der Waals surface area contributed by atoms with E-state index in [1.165, 1.54) is 25.7 Å². The van der Waals surface area contributed by atoms with Crippen LogP contribution in [0, 0.1) is 5.41 Å². The fourth-order valence-electron chi connectivity index (χ4n) is 2.97. The molecule has 20 heavy (non-hydrogen) atoms. The molecule has 1 aromatic heterocycles. The highest BCUT2D eigenvalue weighted by Gasteiger charge is 2.29. The largest absolute Gasteiger partial charge is 0.360 e. The first-order chi connectivity index (χ1) is 9.50. The van der Waals surface area contributed by atoms with Gasteiger partial charge in [-0.15, -0.1) is 0 Å². The molecule has 0 spiro atoms. The molecular formula is C16H29N3O. The Morgan fingerprint density at radius 3 is 2.75 bits per heavy atom. The van der Waals surface area contributed by atoms with Crippen molar-refractivity contribution in [1.29, 1.82) is 0 Å². The van der Waals surface area contributed by atoms with Gasteiger partial charge < -0.3 is 9.84 Å². The zero-order valence-electron chi connectivity index (χ0n) is 13.4. The lowest BCUT2D eigenvalue weighted by Gasteiger charge is -2.38. The number of nitrogens with one attached hydrogen (secondary N) is 1. The lowest BCUT2D eigenvalue weighted by molar-refractivity contribution is 0.115. The van der Waals surface area contributed by atoms with Crippen LogP contribution in [0.5, 0.6) is 0 Å². The Kier molecular flexibility index (Phi) is 5.22. The van der Waals surface area contributed by atoms with Crippen molar-refractivity contribution in [2.45, 2.75) is 65.6 Å². The summed E-state index contributed by atoms with van der Waals surface area (Å²) in [6, 6.07) is 2.76. The summed E-state index contributed by atoms with van der Waals surface area (Å²) in [5, 5.41) is 7.38. The molecule has 4 nitrogen and oxygen atoms in total. The maximum atomic E-state index is 5.43. The van der Waals surface area contributed by atoms with Crippen LogP contribution < -0.4 is 5.32 Å². The molecule has 1 aliphatic carbocycles. The van der Waals surface area contributed by atoms with Crippen molar-refractivity contribution >= 4 is 0 Å². The SMILES string of the molecule is CCNCc1cc(CN(C)C2CCC(C)(C)CC2)on1. The van der Waals surface area contributed by atoms with Crippen molar-refractivity contribution in [2.75, 3.05) is 13.6 Å². The molecule has 2 rings (SSSR count). The van der Waals surface area contributed by atoms with Gasteiger partial charge in [0.05, 0.1) is 12.2 Å². The molecular weight excluding hydrogens is 250 g/mol. The lowest BCUT2D eigenvalue weighted by Crippen LogP contribution is -2.36. The molecule has 1 aromatic rings. The van der Waals surface area contributed by atoms with E-state index in [1.807, 2.05) is 0 Å². The maximum absolute atomic E-state index is 5.43. The van der Waals surface area contributed by atoms with Crippen LogP contribution in [-0.2, 0) is 13.1 Å². The van der Waals surface area contributed by atoms with Gasteiger partial charge in [-0.3, -0.25) is 4.90 Å². The third kappa shape index (κ3) is 4.32. The summed E-state index contributed by atoms with van der Waals surface area (Å²) in [7, 11) is 2.20. The second-order valence-corrected chi connectivity index (χ2v) is 6.88. The van der Waals surface area contributed by atoms with E-state index in [1.54, 1.807) is 0 Å². The van der Waals surface area contributed by atoms with Gasteiger partial charge in [0.25, 0.3) is 0 Å². The second-order valence-electron chi connectivity index (χ2n) is 6.88. The van der Waals surface area contributed by atoms with Crippen molar-refractivity contribution < 1.29 is 4.52 Å². The highest BCUT2D eigenvalue weighted by atomic mass is 16.5. The van der Waals surface area contributed by atoms with E-state index in [0.29, 0.717) is 11.5 Å². The zero-order valence-corrected chi connectivity index (χ0v) is 13.4. The predicted molar refractivity (Wildman–Crippen MR) is 81.4 cm³/mol. The van der Waals surface area contributed by atoms with Gasteiger partial charge in [-0.05, 0) is 44.7 Å². The Morgan fingerprint density at radius 1 is 1.40 bits per heavy atom. The smallest absolute Gasteiger partial charge is 0.151 e. The first kappa shape index (κ1) is 15.5. The van der Waals surface area contributed by atoms with Crippen LogP contribution in [0.15, 0.2) is 10.6 Å². The Balaban J connectivity index is 1.82. The lowest BCUT2D eigenvalue weighted by atomic mass is 9.75. The summed E-state index contributed by atoms with van der Waals surface area (Å²) in [5.74, 6) is 0.977. The van der Waals surface area contributed by atoms with Gasteiger partial charge in [0, 0.05) is 18.7 Å². The van der Waals surface area contributed by atoms with Crippen molar-refractivity contribution in [1.82, 2.24) is 15.4 Å². The van der Waals surface area contributed by atoms with Crippen LogP contribution in [0.25, 0.3) is 0 Å². The molecule has 0 bridgehead atoms. The molecule has 0 aliphatic heterocycles. The van der Waals surface area contributed by atoms with E-state index in [9.17, 15) is 0 Å². The molecule has 0 atom stereocenters. The predicted octanol–water partition coefficient (Wildman–Crippen LogP) is 3.18. The van der Waals surface area contributed by atoms with Crippen LogP contribution in [0.1, 0.15) is 57.9 Å². The van der Waals surface area contributed by atoms with Crippen LogP contribution in [0.3, 0.4) is 0 Å². The number of hydrogen-bond donors (Lipinski definition) is 1. The van der Waals surface area contributed by atoms with E-state index in [-0.39, 0.29) is 0 Å². The number of nitrogens with zero attached hydrogens (tertiary/aromatic N) is 2. The molecule has 1 saturated carbocycles. The van der Waals surface area contributed by atoms with Gasteiger partial charge in [0.15, 0.2) is 5.76 Å². The maximum Gasteiger partial charge on any atom is 0.151 e. The Hall–Kier alpha value is -0.870. The second kappa shape index (κ2) is 6.72. The minimum Gasteiger partial charge on any atom is -0.360 e. The number of aromatic nitrogens is 1. The first-order valence-electron chi connectivity index (χ1n) is 7.85. The molecule has 0 saturated heterocycles. The molecule has 1 fully saturated rings. The fraction of sp³-hybridized carbons (Fsp3) is 0.812. The van der Waals surface area contributed by atoms with E-state index >= 15 is 0 Å². The van der Waals surface area contributed by atoms with Crippen molar-refractivity contribution in [3.8, 4) is 0 Å². The van der Waals surface area contributed by atoms with Crippen LogP contribution in [-0.4, -0.2) is 29.7 Å². The van der Waals surface area contributed by atoms with Gasteiger partial charge in [-0.1, -0.05) is 25.9 Å². The number of rotatable bonds is 6. The highest BCUT2D eigenvalue weighted by Crippen LogP contribution is 2.36. The van der Waals surface area contributed by atoms with Gasteiger partial charge in [0.2, 0.25) is 0 Å². The molecule has 0 radical (unpaired) electrons. The average Bonchev–Trinajstić information content (AvgIpc) is 2.83. The van der Waals surface area contributed by atoms with Crippen LogP contribution in [0.2, 0.25) is 0 Å². The first-order valence-corrected chi connectivity index (χ1v) is 7.85. The fourth-order valence-corrected chi connectivity index (χ4v) is 2.97. The monoisotopic (exact) mass is 279 g/mol. The summed E-state index contributed by atoms with van der Waals surface area (Å²) >= 11 is 0. The molecule has 1 aliphatic rings. The molecule has 4 heteroatoms. The Morgan fingerprint density at radius 2 is 2.10 bits per heavy atom. The summed E-state index contributed by atoms with van der Waals surface area (Å²) in [6.07, 6.45) is 5.23. The quantitative estimate of drug-likeness (QED) is 0.868. The molecule has 0 amide bonds. The molecule has 114 valence electrons. The van der Waals surface area contributed by atoms with Gasteiger partial charge in [0.1, 0.15) is 0 Å². The zero-order chi connectivity index (χ0) is 14.6. The minimum atomic E-state index is 0.530. The molecule has 0 unspecified atom stereocenters. The Labute approximate surface area is 122 Å². The summed E-state index contributed by atoms with van der Waals surface area (Å²) < 4.78 is 5.43. The van der Waals surface area contributed by atoms with E-state index < -0.39 is 0 Å². The minimum absolute atomic E-state index is 0.530. The average molecular weight is 279 g/mol. The van der Waals surface area contributed by atoms with E-state index in [2.05, 4.69) is 49.3 Å². The van der Waals surface area contributed by atoms with Gasteiger partial charge in [-0.25, -0.2) is 0 Å². The molecule has 0 aromatic carbocycles. The third-order valence-corrected chi connectivity index (χ3v) is 4.50. The third-order valence-electron chi connectivity index (χ3n) is 4.50.